The SMILES string of the molecule is CSc1cccc(Nc2cc(C)cc(N)c2)c1. The monoisotopic (exact) mass is 244 g/mol. The normalized spacial score (nSPS) is 10.2. The van der Waals surface area contributed by atoms with Gasteiger partial charge in [-0.15, -0.1) is 11.8 Å². The highest BCUT2D eigenvalue weighted by atomic mass is 32.2. The maximum absolute atomic E-state index is 5.83. The molecule has 3 N–H and O–H groups in total. The number of hydrogen-bond donors (Lipinski definition) is 2. The smallest absolute Gasteiger partial charge is 0.0407 e. The highest BCUT2D eigenvalue weighted by molar-refractivity contribution is 7.98. The molecule has 2 nitrogen and oxygen atoms in total. The molecule has 2 rings (SSSR count). The number of anilines is 3. The van der Waals surface area contributed by atoms with Crippen LogP contribution in [0.25, 0.3) is 0 Å². The fourth-order valence-corrected chi connectivity index (χ4v) is 2.21. The van der Waals surface area contributed by atoms with Crippen LogP contribution < -0.4 is 11.1 Å². The van der Waals surface area contributed by atoms with E-state index in [4.69, 9.17) is 5.73 Å². The molecule has 0 aliphatic heterocycles. The van der Waals surface area contributed by atoms with E-state index >= 15 is 0 Å². The number of hydrogen-bond acceptors (Lipinski definition) is 3. The lowest BCUT2D eigenvalue weighted by Crippen LogP contribution is -1.93. The van der Waals surface area contributed by atoms with Gasteiger partial charge in [-0.25, -0.2) is 0 Å². The zero-order chi connectivity index (χ0) is 12.3. The number of benzene rings is 2. The zero-order valence-electron chi connectivity index (χ0n) is 10.0. The van der Waals surface area contributed by atoms with E-state index in [-0.39, 0.29) is 0 Å². The molecule has 0 spiro atoms. The standard InChI is InChI=1S/C14H16N2S/c1-10-6-11(15)8-13(7-10)16-12-4-3-5-14(9-12)17-2/h3-9,16H,15H2,1-2H3. The van der Waals surface area contributed by atoms with Crippen molar-refractivity contribution >= 4 is 28.8 Å². The van der Waals surface area contributed by atoms with Crippen molar-refractivity contribution in [2.75, 3.05) is 17.3 Å². The number of aryl methyl sites for hydroxylation is 1. The van der Waals surface area contributed by atoms with Crippen molar-refractivity contribution in [3.8, 4) is 0 Å². The van der Waals surface area contributed by atoms with Crippen molar-refractivity contribution in [2.45, 2.75) is 11.8 Å². The van der Waals surface area contributed by atoms with Gasteiger partial charge in [0, 0.05) is 22.0 Å². The van der Waals surface area contributed by atoms with Crippen molar-refractivity contribution in [3.05, 3.63) is 48.0 Å². The van der Waals surface area contributed by atoms with Crippen LogP contribution in [-0.2, 0) is 0 Å². The van der Waals surface area contributed by atoms with E-state index in [0.29, 0.717) is 0 Å². The quantitative estimate of drug-likeness (QED) is 0.632. The van der Waals surface area contributed by atoms with Crippen LogP contribution in [0.2, 0.25) is 0 Å². The van der Waals surface area contributed by atoms with E-state index < -0.39 is 0 Å². The Morgan fingerprint density at radius 2 is 1.88 bits per heavy atom. The van der Waals surface area contributed by atoms with Crippen molar-refractivity contribution < 1.29 is 0 Å². The van der Waals surface area contributed by atoms with Gasteiger partial charge in [-0.1, -0.05) is 6.07 Å². The van der Waals surface area contributed by atoms with Gasteiger partial charge in [-0.05, 0) is 55.1 Å². The van der Waals surface area contributed by atoms with Crippen LogP contribution in [-0.4, -0.2) is 6.26 Å². The van der Waals surface area contributed by atoms with E-state index in [9.17, 15) is 0 Å². The minimum atomic E-state index is 0.786. The summed E-state index contributed by atoms with van der Waals surface area (Å²) >= 11 is 1.74. The Balaban J connectivity index is 2.24. The van der Waals surface area contributed by atoms with Crippen LogP contribution in [0.3, 0.4) is 0 Å². The fourth-order valence-electron chi connectivity index (χ4n) is 1.75. The first kappa shape index (κ1) is 11.9. The van der Waals surface area contributed by atoms with E-state index in [1.807, 2.05) is 25.1 Å². The molecule has 88 valence electrons. The van der Waals surface area contributed by atoms with Gasteiger partial charge in [-0.3, -0.25) is 0 Å². The highest BCUT2D eigenvalue weighted by Gasteiger charge is 1.98. The number of nitrogens with two attached hydrogens (primary N) is 1. The van der Waals surface area contributed by atoms with Crippen molar-refractivity contribution in [3.63, 3.8) is 0 Å². The minimum Gasteiger partial charge on any atom is -0.399 e. The van der Waals surface area contributed by atoms with Gasteiger partial charge < -0.3 is 11.1 Å². The first-order chi connectivity index (χ1) is 8.17. The summed E-state index contributed by atoms with van der Waals surface area (Å²) in [5.74, 6) is 0. The molecule has 0 aliphatic rings. The predicted molar refractivity (Wildman–Crippen MR) is 77.1 cm³/mol. The molecule has 0 atom stereocenters. The van der Waals surface area contributed by atoms with Crippen LogP contribution in [0.4, 0.5) is 17.1 Å². The topological polar surface area (TPSA) is 38.0 Å². The van der Waals surface area contributed by atoms with Crippen LogP contribution >= 0.6 is 11.8 Å². The molecule has 0 saturated carbocycles. The maximum Gasteiger partial charge on any atom is 0.0407 e. The molecule has 0 fully saturated rings. The zero-order valence-corrected chi connectivity index (χ0v) is 10.8. The Morgan fingerprint density at radius 1 is 1.06 bits per heavy atom. The molecule has 0 radical (unpaired) electrons. The largest absolute Gasteiger partial charge is 0.399 e. The van der Waals surface area contributed by atoms with Crippen LogP contribution in [0, 0.1) is 6.92 Å². The molecule has 17 heavy (non-hydrogen) atoms. The lowest BCUT2D eigenvalue weighted by Gasteiger charge is -2.09. The predicted octanol–water partition coefficient (Wildman–Crippen LogP) is 4.04. The molecule has 0 heterocycles. The lowest BCUT2D eigenvalue weighted by molar-refractivity contribution is 1.42. The third-order valence-electron chi connectivity index (χ3n) is 2.46. The van der Waals surface area contributed by atoms with Gasteiger partial charge in [0.2, 0.25) is 0 Å². The minimum absolute atomic E-state index is 0.786. The third kappa shape index (κ3) is 3.17. The molecule has 0 unspecified atom stereocenters. The second-order valence-electron chi connectivity index (χ2n) is 3.99. The van der Waals surface area contributed by atoms with E-state index in [2.05, 4.69) is 35.8 Å². The summed E-state index contributed by atoms with van der Waals surface area (Å²) in [7, 11) is 0. The molecule has 0 bridgehead atoms. The van der Waals surface area contributed by atoms with E-state index in [1.54, 1.807) is 11.8 Å². The van der Waals surface area contributed by atoms with Crippen LogP contribution in [0.5, 0.6) is 0 Å². The molecular weight excluding hydrogens is 228 g/mol. The van der Waals surface area contributed by atoms with Crippen LogP contribution in [0.1, 0.15) is 5.56 Å². The second kappa shape index (κ2) is 5.15. The second-order valence-corrected chi connectivity index (χ2v) is 4.87. The summed E-state index contributed by atoms with van der Waals surface area (Å²) in [4.78, 5) is 1.25. The average Bonchev–Trinajstić information content (AvgIpc) is 2.28. The first-order valence-electron chi connectivity index (χ1n) is 5.45. The Morgan fingerprint density at radius 3 is 2.59 bits per heavy atom. The van der Waals surface area contributed by atoms with Crippen molar-refractivity contribution in [2.24, 2.45) is 0 Å². The fraction of sp³-hybridized carbons (Fsp3) is 0.143. The summed E-state index contributed by atoms with van der Waals surface area (Å²) in [5, 5.41) is 3.37. The maximum atomic E-state index is 5.83. The lowest BCUT2D eigenvalue weighted by atomic mass is 10.2. The molecule has 2 aromatic rings. The van der Waals surface area contributed by atoms with Gasteiger partial charge in [0.15, 0.2) is 0 Å². The van der Waals surface area contributed by atoms with E-state index in [0.717, 1.165) is 22.6 Å². The molecule has 2 aromatic carbocycles. The average molecular weight is 244 g/mol. The van der Waals surface area contributed by atoms with Crippen molar-refractivity contribution in [1.29, 1.82) is 0 Å². The number of nitrogens with one attached hydrogen (secondary N) is 1. The molecule has 3 heteroatoms. The summed E-state index contributed by atoms with van der Waals surface area (Å²) in [6.45, 7) is 2.04. The van der Waals surface area contributed by atoms with Gasteiger partial charge in [0.1, 0.15) is 0 Å². The summed E-state index contributed by atoms with van der Waals surface area (Å²) in [5.41, 5.74) is 9.88. The molecule has 0 aromatic heterocycles. The summed E-state index contributed by atoms with van der Waals surface area (Å²) < 4.78 is 0. The molecule has 0 saturated heterocycles. The Hall–Kier alpha value is -1.61. The molecule has 0 amide bonds. The first-order valence-corrected chi connectivity index (χ1v) is 6.68. The number of rotatable bonds is 3. The Labute approximate surface area is 106 Å². The Kier molecular flexibility index (Phi) is 3.59. The van der Waals surface area contributed by atoms with Crippen LogP contribution in [0.15, 0.2) is 47.4 Å². The third-order valence-corrected chi connectivity index (χ3v) is 3.18. The number of nitrogen functional groups attached to an aromatic ring is 1. The summed E-state index contributed by atoms with van der Waals surface area (Å²) in [6.07, 6.45) is 2.07. The van der Waals surface area contributed by atoms with Gasteiger partial charge in [0.25, 0.3) is 0 Å². The highest BCUT2D eigenvalue weighted by Crippen LogP contribution is 2.24. The van der Waals surface area contributed by atoms with E-state index in [1.165, 1.54) is 4.90 Å². The van der Waals surface area contributed by atoms with Crippen molar-refractivity contribution in [1.82, 2.24) is 0 Å². The van der Waals surface area contributed by atoms with Gasteiger partial charge >= 0.3 is 0 Å². The molecular formula is C14H16N2S. The Bertz CT molecular complexity index is 503. The molecule has 0 aliphatic carbocycles. The summed E-state index contributed by atoms with van der Waals surface area (Å²) in [6, 6.07) is 14.3. The van der Waals surface area contributed by atoms with Gasteiger partial charge in [0.05, 0.1) is 0 Å². The van der Waals surface area contributed by atoms with Gasteiger partial charge in [-0.2, -0.15) is 0 Å². The number of thioether (sulfide) groups is 1.